The Morgan fingerprint density at radius 2 is 2.44 bits per heavy atom. The predicted octanol–water partition coefficient (Wildman–Crippen LogP) is 2.08. The fourth-order valence-corrected chi connectivity index (χ4v) is 2.61. The van der Waals surface area contributed by atoms with Crippen LogP contribution in [0, 0.1) is 11.8 Å². The van der Waals surface area contributed by atoms with Crippen molar-refractivity contribution in [3.8, 4) is 0 Å². The summed E-state index contributed by atoms with van der Waals surface area (Å²) in [5, 5.41) is 3.50. The second kappa shape index (κ2) is 5.48. The maximum Gasteiger partial charge on any atom is 0.108 e. The maximum absolute atomic E-state index is 4.44. The normalized spacial score (nSPS) is 25.9. The Balaban J connectivity index is 1.86. The van der Waals surface area contributed by atoms with Crippen molar-refractivity contribution < 1.29 is 0 Å². The number of hydrogen-bond acceptors (Lipinski definition) is 2. The Kier molecular flexibility index (Phi) is 3.99. The van der Waals surface area contributed by atoms with Gasteiger partial charge in [-0.1, -0.05) is 6.92 Å². The SMILES string of the molecule is CCn1ccnc1CCC1CNCCC1C. The minimum atomic E-state index is 0.829. The minimum Gasteiger partial charge on any atom is -0.335 e. The predicted molar refractivity (Wildman–Crippen MR) is 66.4 cm³/mol. The second-order valence-electron chi connectivity index (χ2n) is 4.90. The monoisotopic (exact) mass is 221 g/mol. The number of hydrogen-bond donors (Lipinski definition) is 1. The van der Waals surface area contributed by atoms with Gasteiger partial charge in [0, 0.05) is 25.4 Å². The summed E-state index contributed by atoms with van der Waals surface area (Å²) in [4.78, 5) is 4.44. The molecule has 0 spiro atoms. The van der Waals surface area contributed by atoms with Crippen LogP contribution in [0.5, 0.6) is 0 Å². The molecule has 0 amide bonds. The van der Waals surface area contributed by atoms with Gasteiger partial charge in [0.2, 0.25) is 0 Å². The van der Waals surface area contributed by atoms with E-state index in [9.17, 15) is 0 Å². The van der Waals surface area contributed by atoms with Crippen LogP contribution in [0.3, 0.4) is 0 Å². The lowest BCUT2D eigenvalue weighted by Gasteiger charge is -2.29. The van der Waals surface area contributed by atoms with Gasteiger partial charge in [0.05, 0.1) is 0 Å². The molecule has 16 heavy (non-hydrogen) atoms. The highest BCUT2D eigenvalue weighted by molar-refractivity contribution is 4.93. The van der Waals surface area contributed by atoms with Gasteiger partial charge in [0.1, 0.15) is 5.82 Å². The standard InChI is InChI=1S/C13H23N3/c1-3-16-9-8-15-13(16)5-4-12-10-14-7-6-11(12)2/h8-9,11-12,14H,3-7,10H2,1-2H3. The average molecular weight is 221 g/mol. The van der Waals surface area contributed by atoms with E-state index < -0.39 is 0 Å². The molecule has 3 nitrogen and oxygen atoms in total. The van der Waals surface area contributed by atoms with Gasteiger partial charge < -0.3 is 9.88 Å². The Morgan fingerprint density at radius 1 is 1.56 bits per heavy atom. The topological polar surface area (TPSA) is 29.9 Å². The van der Waals surface area contributed by atoms with Gasteiger partial charge in [-0.25, -0.2) is 4.98 Å². The highest BCUT2D eigenvalue weighted by Gasteiger charge is 2.21. The van der Waals surface area contributed by atoms with E-state index in [4.69, 9.17) is 0 Å². The molecule has 1 saturated heterocycles. The molecule has 0 saturated carbocycles. The van der Waals surface area contributed by atoms with E-state index in [1.807, 2.05) is 6.20 Å². The maximum atomic E-state index is 4.44. The molecule has 1 aromatic rings. The van der Waals surface area contributed by atoms with E-state index in [2.05, 4.69) is 34.9 Å². The Hall–Kier alpha value is -0.830. The molecule has 0 aliphatic carbocycles. The molecule has 0 radical (unpaired) electrons. The molecule has 0 bridgehead atoms. The van der Waals surface area contributed by atoms with Crippen molar-refractivity contribution in [3.63, 3.8) is 0 Å². The Morgan fingerprint density at radius 3 is 3.19 bits per heavy atom. The van der Waals surface area contributed by atoms with E-state index in [-0.39, 0.29) is 0 Å². The van der Waals surface area contributed by atoms with Gasteiger partial charge >= 0.3 is 0 Å². The zero-order chi connectivity index (χ0) is 11.4. The summed E-state index contributed by atoms with van der Waals surface area (Å²) in [5.74, 6) is 2.95. The molecule has 2 unspecified atom stereocenters. The smallest absolute Gasteiger partial charge is 0.108 e. The molecule has 1 N–H and O–H groups in total. The third-order valence-electron chi connectivity index (χ3n) is 3.87. The second-order valence-corrected chi connectivity index (χ2v) is 4.90. The first-order valence-corrected chi connectivity index (χ1v) is 6.52. The number of rotatable bonds is 4. The minimum absolute atomic E-state index is 0.829. The van der Waals surface area contributed by atoms with E-state index in [1.54, 1.807) is 0 Å². The van der Waals surface area contributed by atoms with E-state index in [1.165, 1.54) is 31.8 Å². The lowest BCUT2D eigenvalue weighted by molar-refractivity contribution is 0.258. The molecule has 3 heteroatoms. The largest absolute Gasteiger partial charge is 0.335 e. The van der Waals surface area contributed by atoms with Crippen LogP contribution in [0.2, 0.25) is 0 Å². The first kappa shape index (κ1) is 11.6. The summed E-state index contributed by atoms with van der Waals surface area (Å²) >= 11 is 0. The van der Waals surface area contributed by atoms with Gasteiger partial charge in [-0.15, -0.1) is 0 Å². The van der Waals surface area contributed by atoms with Crippen LogP contribution in [-0.4, -0.2) is 22.6 Å². The molecule has 90 valence electrons. The van der Waals surface area contributed by atoms with Crippen molar-refractivity contribution in [3.05, 3.63) is 18.2 Å². The fraction of sp³-hybridized carbons (Fsp3) is 0.769. The molecular weight excluding hydrogens is 198 g/mol. The highest BCUT2D eigenvalue weighted by Crippen LogP contribution is 2.22. The van der Waals surface area contributed by atoms with Crippen LogP contribution in [-0.2, 0) is 13.0 Å². The van der Waals surface area contributed by atoms with Crippen LogP contribution in [0.25, 0.3) is 0 Å². The van der Waals surface area contributed by atoms with Crippen LogP contribution in [0.1, 0.15) is 32.5 Å². The molecule has 1 aromatic heterocycles. The van der Waals surface area contributed by atoms with Gasteiger partial charge in [0.15, 0.2) is 0 Å². The van der Waals surface area contributed by atoms with E-state index in [0.717, 1.165) is 24.8 Å². The number of aryl methyl sites for hydroxylation is 2. The lowest BCUT2D eigenvalue weighted by Crippen LogP contribution is -2.35. The number of aromatic nitrogens is 2. The average Bonchev–Trinajstić information content (AvgIpc) is 2.75. The summed E-state index contributed by atoms with van der Waals surface area (Å²) in [6, 6.07) is 0. The van der Waals surface area contributed by atoms with Gasteiger partial charge in [-0.3, -0.25) is 0 Å². The highest BCUT2D eigenvalue weighted by atomic mass is 15.0. The summed E-state index contributed by atoms with van der Waals surface area (Å²) in [6.45, 7) is 7.98. The molecule has 1 aliphatic heterocycles. The van der Waals surface area contributed by atoms with Crippen LogP contribution in [0.15, 0.2) is 12.4 Å². The zero-order valence-electron chi connectivity index (χ0n) is 10.4. The summed E-state index contributed by atoms with van der Waals surface area (Å²) in [5.41, 5.74) is 0. The quantitative estimate of drug-likeness (QED) is 0.843. The van der Waals surface area contributed by atoms with Crippen molar-refractivity contribution in [2.75, 3.05) is 13.1 Å². The number of nitrogens with zero attached hydrogens (tertiary/aromatic N) is 2. The van der Waals surface area contributed by atoms with Crippen LogP contribution >= 0.6 is 0 Å². The molecule has 1 aliphatic rings. The lowest BCUT2D eigenvalue weighted by atomic mass is 9.85. The van der Waals surface area contributed by atoms with E-state index in [0.29, 0.717) is 0 Å². The van der Waals surface area contributed by atoms with Gasteiger partial charge in [0.25, 0.3) is 0 Å². The summed E-state index contributed by atoms with van der Waals surface area (Å²) in [7, 11) is 0. The zero-order valence-corrected chi connectivity index (χ0v) is 10.4. The first-order valence-electron chi connectivity index (χ1n) is 6.52. The van der Waals surface area contributed by atoms with Gasteiger partial charge in [-0.05, 0) is 44.7 Å². The third kappa shape index (κ3) is 2.64. The summed E-state index contributed by atoms with van der Waals surface area (Å²) in [6.07, 6.45) is 7.72. The molecule has 2 atom stereocenters. The van der Waals surface area contributed by atoms with Crippen molar-refractivity contribution in [1.29, 1.82) is 0 Å². The number of nitrogens with one attached hydrogen (secondary N) is 1. The van der Waals surface area contributed by atoms with Crippen LogP contribution in [0.4, 0.5) is 0 Å². The van der Waals surface area contributed by atoms with Gasteiger partial charge in [-0.2, -0.15) is 0 Å². The van der Waals surface area contributed by atoms with Crippen molar-refractivity contribution in [1.82, 2.24) is 14.9 Å². The Bertz CT molecular complexity index is 319. The fourth-order valence-electron chi connectivity index (χ4n) is 2.61. The first-order chi connectivity index (χ1) is 7.81. The summed E-state index contributed by atoms with van der Waals surface area (Å²) < 4.78 is 2.25. The van der Waals surface area contributed by atoms with Crippen molar-refractivity contribution in [2.45, 2.75) is 39.7 Å². The third-order valence-corrected chi connectivity index (χ3v) is 3.87. The molecular formula is C13H23N3. The number of piperidine rings is 1. The van der Waals surface area contributed by atoms with Crippen molar-refractivity contribution in [2.24, 2.45) is 11.8 Å². The van der Waals surface area contributed by atoms with Crippen molar-refractivity contribution >= 4 is 0 Å². The molecule has 1 fully saturated rings. The molecule has 0 aromatic carbocycles. The Labute approximate surface area is 98.3 Å². The molecule has 2 rings (SSSR count). The van der Waals surface area contributed by atoms with Crippen LogP contribution < -0.4 is 5.32 Å². The van der Waals surface area contributed by atoms with E-state index >= 15 is 0 Å². The molecule has 2 heterocycles. The number of imidazole rings is 1.